The normalized spacial score (nSPS) is 17.8. The maximum absolute atomic E-state index is 11.4. The molecule has 0 aliphatic heterocycles. The van der Waals surface area contributed by atoms with Crippen LogP contribution in [0, 0.1) is 23.0 Å². The van der Waals surface area contributed by atoms with Crippen LogP contribution in [0.1, 0.15) is 25.5 Å². The smallest absolute Gasteiger partial charge is 0.333 e. The van der Waals surface area contributed by atoms with Crippen LogP contribution in [0.3, 0.4) is 0 Å². The van der Waals surface area contributed by atoms with Crippen LogP contribution >= 0.6 is 0 Å². The highest BCUT2D eigenvalue weighted by molar-refractivity contribution is 5.84. The third-order valence-corrected chi connectivity index (χ3v) is 3.59. The van der Waals surface area contributed by atoms with E-state index in [9.17, 15) is 20.0 Å². The number of nitro groups is 1. The minimum absolute atomic E-state index is 0.0141. The van der Waals surface area contributed by atoms with Gasteiger partial charge < -0.3 is 10.4 Å². The quantitative estimate of drug-likeness (QED) is 0.615. The summed E-state index contributed by atoms with van der Waals surface area (Å²) in [5, 5.41) is 27.2. The molecule has 1 aliphatic carbocycles. The number of hydrogen-bond donors (Lipinski definition) is 2. The van der Waals surface area contributed by atoms with Gasteiger partial charge in [0.2, 0.25) is 5.82 Å². The standard InChI is InChI=1S/C11H16N4O4/c1-6-8(15(18)19)9(14(3)13-6)12-11(2,10(16)17)7-4-5-7/h7,12H,4-5H2,1-3H3,(H,16,17). The summed E-state index contributed by atoms with van der Waals surface area (Å²) < 4.78 is 1.32. The molecule has 1 aromatic rings. The molecule has 2 rings (SSSR count). The number of aliphatic carboxylic acids is 1. The van der Waals surface area contributed by atoms with Gasteiger partial charge in [-0.25, -0.2) is 9.48 Å². The number of hydrogen-bond acceptors (Lipinski definition) is 5. The molecular formula is C11H16N4O4. The second kappa shape index (κ2) is 4.22. The Morgan fingerprint density at radius 3 is 2.63 bits per heavy atom. The molecule has 104 valence electrons. The molecule has 2 N–H and O–H groups in total. The first-order valence-corrected chi connectivity index (χ1v) is 5.97. The fraction of sp³-hybridized carbons (Fsp3) is 0.636. The second-order valence-corrected chi connectivity index (χ2v) is 5.07. The fourth-order valence-corrected chi connectivity index (χ4v) is 2.24. The molecule has 0 amide bonds. The van der Waals surface area contributed by atoms with Crippen molar-refractivity contribution in [3.05, 3.63) is 15.8 Å². The van der Waals surface area contributed by atoms with Crippen LogP contribution in [0.4, 0.5) is 11.5 Å². The van der Waals surface area contributed by atoms with Crippen LogP contribution in [0.25, 0.3) is 0 Å². The molecule has 1 fully saturated rings. The maximum atomic E-state index is 11.4. The third kappa shape index (κ3) is 2.13. The van der Waals surface area contributed by atoms with Crippen LogP contribution in [-0.4, -0.2) is 31.3 Å². The van der Waals surface area contributed by atoms with Gasteiger partial charge in [-0.05, 0) is 32.6 Å². The number of rotatable bonds is 5. The Labute approximate surface area is 109 Å². The van der Waals surface area contributed by atoms with E-state index in [0.717, 1.165) is 12.8 Å². The van der Waals surface area contributed by atoms with Gasteiger partial charge in [0, 0.05) is 7.05 Å². The van der Waals surface area contributed by atoms with E-state index in [1.54, 1.807) is 14.0 Å². The van der Waals surface area contributed by atoms with Gasteiger partial charge in [0.1, 0.15) is 11.2 Å². The molecule has 0 aromatic carbocycles. The molecule has 1 aromatic heterocycles. The molecule has 1 aliphatic rings. The molecule has 8 nitrogen and oxygen atoms in total. The molecule has 1 heterocycles. The Morgan fingerprint density at radius 1 is 1.63 bits per heavy atom. The largest absolute Gasteiger partial charge is 0.480 e. The van der Waals surface area contributed by atoms with Crippen molar-refractivity contribution in [2.45, 2.75) is 32.2 Å². The zero-order valence-corrected chi connectivity index (χ0v) is 11.0. The number of aryl methyl sites for hydroxylation is 2. The van der Waals surface area contributed by atoms with Crippen molar-refractivity contribution >= 4 is 17.5 Å². The number of carbonyl (C=O) groups is 1. The Kier molecular flexibility index (Phi) is 2.95. The predicted octanol–water partition coefficient (Wildman–Crippen LogP) is 1.30. The molecule has 8 heteroatoms. The fourth-order valence-electron chi connectivity index (χ4n) is 2.24. The van der Waals surface area contributed by atoms with Gasteiger partial charge >= 0.3 is 11.7 Å². The topological polar surface area (TPSA) is 110 Å². The highest BCUT2D eigenvalue weighted by Gasteiger charge is 2.49. The van der Waals surface area contributed by atoms with Gasteiger partial charge in [0.15, 0.2) is 0 Å². The first-order valence-electron chi connectivity index (χ1n) is 5.97. The number of carboxylic acids is 1. The van der Waals surface area contributed by atoms with E-state index < -0.39 is 16.4 Å². The van der Waals surface area contributed by atoms with Crippen molar-refractivity contribution in [3.63, 3.8) is 0 Å². The van der Waals surface area contributed by atoms with Crippen LogP contribution in [0.15, 0.2) is 0 Å². The summed E-state index contributed by atoms with van der Waals surface area (Å²) in [5.74, 6) is -0.887. The lowest BCUT2D eigenvalue weighted by atomic mass is 9.96. The number of nitrogens with zero attached hydrogens (tertiary/aromatic N) is 3. The first-order chi connectivity index (χ1) is 8.77. The summed E-state index contributed by atoms with van der Waals surface area (Å²) in [6.45, 7) is 3.08. The van der Waals surface area contributed by atoms with Crippen LogP contribution in [0.5, 0.6) is 0 Å². The van der Waals surface area contributed by atoms with Gasteiger partial charge in [-0.1, -0.05) is 0 Å². The molecule has 19 heavy (non-hydrogen) atoms. The van der Waals surface area contributed by atoms with E-state index >= 15 is 0 Å². The minimum Gasteiger partial charge on any atom is -0.480 e. The molecule has 1 saturated carbocycles. The summed E-state index contributed by atoms with van der Waals surface area (Å²) >= 11 is 0. The van der Waals surface area contributed by atoms with Crippen molar-refractivity contribution in [1.82, 2.24) is 9.78 Å². The Balaban J connectivity index is 2.42. The number of nitrogens with one attached hydrogen (secondary N) is 1. The Morgan fingerprint density at radius 2 is 2.21 bits per heavy atom. The monoisotopic (exact) mass is 268 g/mol. The van der Waals surface area contributed by atoms with E-state index in [0.29, 0.717) is 0 Å². The molecule has 1 unspecified atom stereocenters. The molecule has 0 bridgehead atoms. The van der Waals surface area contributed by atoms with E-state index in [2.05, 4.69) is 10.4 Å². The predicted molar refractivity (Wildman–Crippen MR) is 67.0 cm³/mol. The lowest BCUT2D eigenvalue weighted by molar-refractivity contribution is -0.384. The van der Waals surface area contributed by atoms with E-state index in [4.69, 9.17) is 0 Å². The van der Waals surface area contributed by atoms with Crippen molar-refractivity contribution < 1.29 is 14.8 Å². The summed E-state index contributed by atoms with van der Waals surface area (Å²) in [4.78, 5) is 22.0. The second-order valence-electron chi connectivity index (χ2n) is 5.07. The number of carboxylic acid groups (broad SMARTS) is 1. The van der Waals surface area contributed by atoms with E-state index in [-0.39, 0.29) is 23.1 Å². The van der Waals surface area contributed by atoms with Crippen molar-refractivity contribution in [3.8, 4) is 0 Å². The number of aromatic nitrogens is 2. The lowest BCUT2D eigenvalue weighted by Gasteiger charge is -2.26. The van der Waals surface area contributed by atoms with Crippen LogP contribution < -0.4 is 5.32 Å². The average molecular weight is 268 g/mol. The third-order valence-electron chi connectivity index (χ3n) is 3.59. The van der Waals surface area contributed by atoms with Gasteiger partial charge in [0.25, 0.3) is 0 Å². The summed E-state index contributed by atoms with van der Waals surface area (Å²) in [5.41, 5.74) is -1.11. The van der Waals surface area contributed by atoms with E-state index in [1.165, 1.54) is 11.6 Å². The van der Waals surface area contributed by atoms with Crippen molar-refractivity contribution in [1.29, 1.82) is 0 Å². The zero-order valence-electron chi connectivity index (χ0n) is 11.0. The summed E-state index contributed by atoms with van der Waals surface area (Å²) in [6, 6.07) is 0. The molecule has 0 saturated heterocycles. The molecule has 1 atom stereocenters. The first kappa shape index (κ1) is 13.3. The van der Waals surface area contributed by atoms with Gasteiger partial charge in [-0.2, -0.15) is 5.10 Å². The van der Waals surface area contributed by atoms with Gasteiger partial charge in [-0.3, -0.25) is 10.1 Å². The van der Waals surface area contributed by atoms with Crippen LogP contribution in [0.2, 0.25) is 0 Å². The number of anilines is 1. The Bertz CT molecular complexity index is 549. The lowest BCUT2D eigenvalue weighted by Crippen LogP contribution is -2.46. The van der Waals surface area contributed by atoms with E-state index in [1.807, 2.05) is 0 Å². The highest BCUT2D eigenvalue weighted by Crippen LogP contribution is 2.43. The SMILES string of the molecule is Cc1nn(C)c(NC(C)(C(=O)O)C2CC2)c1[N+](=O)[O-]. The summed E-state index contributed by atoms with van der Waals surface area (Å²) in [6.07, 6.45) is 1.61. The summed E-state index contributed by atoms with van der Waals surface area (Å²) in [7, 11) is 1.55. The maximum Gasteiger partial charge on any atom is 0.333 e. The van der Waals surface area contributed by atoms with Crippen molar-refractivity contribution in [2.75, 3.05) is 5.32 Å². The van der Waals surface area contributed by atoms with Crippen LogP contribution in [-0.2, 0) is 11.8 Å². The molecule has 0 radical (unpaired) electrons. The van der Waals surface area contributed by atoms with Gasteiger partial charge in [0.05, 0.1) is 4.92 Å². The molecule has 0 spiro atoms. The highest BCUT2D eigenvalue weighted by atomic mass is 16.6. The minimum atomic E-state index is -1.20. The van der Waals surface area contributed by atoms with Gasteiger partial charge in [-0.15, -0.1) is 0 Å². The molecular weight excluding hydrogens is 252 g/mol. The van der Waals surface area contributed by atoms with Crippen molar-refractivity contribution in [2.24, 2.45) is 13.0 Å². The average Bonchev–Trinajstić information content (AvgIpc) is 3.07. The Hall–Kier alpha value is -2.12. The zero-order chi connectivity index (χ0) is 14.4.